The molecule has 4 fully saturated rings. The van der Waals surface area contributed by atoms with Crippen LogP contribution in [0.15, 0.2) is 29.2 Å². The Bertz CT molecular complexity index is 433. The summed E-state index contributed by atoms with van der Waals surface area (Å²) in [4.78, 5) is 1.39. The van der Waals surface area contributed by atoms with Gasteiger partial charge in [0.15, 0.2) is 0 Å². The van der Waals surface area contributed by atoms with E-state index in [1.165, 1.54) is 17.7 Å². The van der Waals surface area contributed by atoms with Gasteiger partial charge in [-0.1, -0.05) is 12.1 Å². The van der Waals surface area contributed by atoms with Gasteiger partial charge < -0.3 is 0 Å². The van der Waals surface area contributed by atoms with E-state index in [0.29, 0.717) is 0 Å². The quantitative estimate of drug-likeness (QED) is 0.667. The lowest BCUT2D eigenvalue weighted by Gasteiger charge is -2.54. The van der Waals surface area contributed by atoms with Crippen molar-refractivity contribution in [1.82, 2.24) is 0 Å². The van der Waals surface area contributed by atoms with Gasteiger partial charge in [0.1, 0.15) is 0 Å². The molecule has 20 heavy (non-hydrogen) atoms. The fraction of sp³-hybridized carbons (Fsp3) is 0.684. The first-order valence-electron chi connectivity index (χ1n) is 8.44. The lowest BCUT2D eigenvalue weighted by molar-refractivity contribution is -0.0394. The minimum atomic E-state index is 1.06. The van der Waals surface area contributed by atoms with Crippen LogP contribution in [-0.2, 0) is 6.42 Å². The fourth-order valence-electron chi connectivity index (χ4n) is 5.63. The van der Waals surface area contributed by atoms with E-state index in [4.69, 9.17) is 0 Å². The zero-order valence-corrected chi connectivity index (χ0v) is 13.4. The van der Waals surface area contributed by atoms with Gasteiger partial charge in [0, 0.05) is 4.90 Å². The number of benzene rings is 1. The average molecular weight is 286 g/mol. The van der Waals surface area contributed by atoms with Crippen LogP contribution in [0.3, 0.4) is 0 Å². The summed E-state index contributed by atoms with van der Waals surface area (Å²) < 4.78 is 0. The lowest BCUT2D eigenvalue weighted by Crippen LogP contribution is -2.45. The molecule has 1 heteroatoms. The number of thioether (sulfide) groups is 1. The van der Waals surface area contributed by atoms with E-state index in [0.717, 1.165) is 29.6 Å². The minimum Gasteiger partial charge on any atom is -0.130 e. The van der Waals surface area contributed by atoms with Crippen molar-refractivity contribution >= 4 is 11.8 Å². The molecule has 0 unspecified atom stereocenters. The maximum atomic E-state index is 2.35. The number of rotatable bonds is 4. The second kappa shape index (κ2) is 5.40. The smallest absolute Gasteiger partial charge is 0.00693 e. The fourth-order valence-corrected chi connectivity index (χ4v) is 6.04. The third-order valence-electron chi connectivity index (χ3n) is 6.35. The van der Waals surface area contributed by atoms with Crippen molar-refractivity contribution in [2.45, 2.75) is 49.8 Å². The predicted molar refractivity (Wildman–Crippen MR) is 87.1 cm³/mol. The highest BCUT2D eigenvalue weighted by Gasteiger charge is 2.47. The molecule has 5 rings (SSSR count). The molecule has 0 heterocycles. The topological polar surface area (TPSA) is 0 Å². The molecule has 108 valence electrons. The van der Waals surface area contributed by atoms with Crippen molar-refractivity contribution in [3.05, 3.63) is 29.8 Å². The number of hydrogen-bond acceptors (Lipinski definition) is 1. The molecule has 4 saturated carbocycles. The van der Waals surface area contributed by atoms with Crippen LogP contribution < -0.4 is 0 Å². The summed E-state index contributed by atoms with van der Waals surface area (Å²) >= 11 is 1.84. The molecule has 4 aliphatic rings. The zero-order chi connectivity index (χ0) is 13.5. The maximum absolute atomic E-state index is 2.35. The SMILES string of the molecule is CSc1ccc(CCC2C3CC4CC(C3)CC2C4)cc1. The second-order valence-corrected chi connectivity index (χ2v) is 8.36. The Morgan fingerprint density at radius 1 is 0.900 bits per heavy atom. The van der Waals surface area contributed by atoms with Crippen LogP contribution in [0.5, 0.6) is 0 Å². The van der Waals surface area contributed by atoms with E-state index in [9.17, 15) is 0 Å². The lowest BCUT2D eigenvalue weighted by atomic mass is 9.51. The van der Waals surface area contributed by atoms with Crippen molar-refractivity contribution in [2.24, 2.45) is 29.6 Å². The van der Waals surface area contributed by atoms with Crippen LogP contribution in [-0.4, -0.2) is 6.26 Å². The number of aryl methyl sites for hydroxylation is 1. The Morgan fingerprint density at radius 3 is 2.05 bits per heavy atom. The van der Waals surface area contributed by atoms with Gasteiger partial charge in [-0.25, -0.2) is 0 Å². The summed E-state index contributed by atoms with van der Waals surface area (Å²) in [5.74, 6) is 5.49. The largest absolute Gasteiger partial charge is 0.130 e. The van der Waals surface area contributed by atoms with Crippen molar-refractivity contribution in [3.63, 3.8) is 0 Å². The summed E-state index contributed by atoms with van der Waals surface area (Å²) in [5, 5.41) is 0. The summed E-state index contributed by atoms with van der Waals surface area (Å²) in [6.07, 6.45) is 12.8. The standard InChI is InChI=1S/C19H26S/c1-20-18-5-2-13(3-6-18)4-7-19-16-9-14-8-15(11-16)12-17(19)10-14/h2-3,5-6,14-17,19H,4,7-12H2,1H3. The predicted octanol–water partition coefficient (Wildman–Crippen LogP) is 5.41. The summed E-state index contributed by atoms with van der Waals surface area (Å²) in [5.41, 5.74) is 1.55. The highest BCUT2D eigenvalue weighted by molar-refractivity contribution is 7.98. The molecule has 0 aromatic heterocycles. The second-order valence-electron chi connectivity index (χ2n) is 7.48. The van der Waals surface area contributed by atoms with Crippen LogP contribution in [0.4, 0.5) is 0 Å². The molecule has 0 radical (unpaired) electrons. The molecule has 0 N–H and O–H groups in total. The van der Waals surface area contributed by atoms with Gasteiger partial charge in [0.05, 0.1) is 0 Å². The molecule has 0 amide bonds. The average Bonchev–Trinajstić information content (AvgIpc) is 2.46. The Labute approximate surface area is 127 Å². The normalized spacial score (nSPS) is 38.4. The van der Waals surface area contributed by atoms with Gasteiger partial charge in [0.2, 0.25) is 0 Å². The van der Waals surface area contributed by atoms with E-state index >= 15 is 0 Å². The third-order valence-corrected chi connectivity index (χ3v) is 7.09. The van der Waals surface area contributed by atoms with Crippen LogP contribution >= 0.6 is 11.8 Å². The van der Waals surface area contributed by atoms with Crippen LogP contribution in [0.2, 0.25) is 0 Å². The molecule has 1 aromatic rings. The first-order chi connectivity index (χ1) is 9.81. The first-order valence-corrected chi connectivity index (χ1v) is 9.67. The van der Waals surface area contributed by atoms with E-state index < -0.39 is 0 Å². The maximum Gasteiger partial charge on any atom is 0.00693 e. The van der Waals surface area contributed by atoms with Crippen LogP contribution in [0.25, 0.3) is 0 Å². The monoisotopic (exact) mass is 286 g/mol. The van der Waals surface area contributed by atoms with Gasteiger partial charge >= 0.3 is 0 Å². The molecule has 0 aliphatic heterocycles. The van der Waals surface area contributed by atoms with E-state index in [-0.39, 0.29) is 0 Å². The highest BCUT2D eigenvalue weighted by atomic mass is 32.2. The summed E-state index contributed by atoms with van der Waals surface area (Å²) in [6, 6.07) is 9.28. The number of hydrogen-bond donors (Lipinski definition) is 0. The molecule has 0 saturated heterocycles. The van der Waals surface area contributed by atoms with Crippen molar-refractivity contribution in [3.8, 4) is 0 Å². The molecular weight excluding hydrogens is 260 g/mol. The molecule has 0 nitrogen and oxygen atoms in total. The highest BCUT2D eigenvalue weighted by Crippen LogP contribution is 2.57. The van der Waals surface area contributed by atoms with Gasteiger partial charge in [-0.15, -0.1) is 11.8 Å². The van der Waals surface area contributed by atoms with Crippen molar-refractivity contribution in [2.75, 3.05) is 6.26 Å². The molecule has 0 atom stereocenters. The molecular formula is C19H26S. The van der Waals surface area contributed by atoms with E-state index in [1.807, 2.05) is 11.8 Å². The van der Waals surface area contributed by atoms with Crippen LogP contribution in [0, 0.1) is 29.6 Å². The minimum absolute atomic E-state index is 1.06. The van der Waals surface area contributed by atoms with Gasteiger partial charge in [-0.05, 0) is 98.5 Å². The van der Waals surface area contributed by atoms with Gasteiger partial charge in [-0.3, -0.25) is 0 Å². The van der Waals surface area contributed by atoms with Crippen LogP contribution in [0.1, 0.15) is 44.1 Å². The summed E-state index contributed by atoms with van der Waals surface area (Å²) in [7, 11) is 0. The first kappa shape index (κ1) is 13.2. The Balaban J connectivity index is 1.39. The van der Waals surface area contributed by atoms with Gasteiger partial charge in [0.25, 0.3) is 0 Å². The Kier molecular flexibility index (Phi) is 3.58. The van der Waals surface area contributed by atoms with Crippen molar-refractivity contribution in [1.29, 1.82) is 0 Å². The van der Waals surface area contributed by atoms with Crippen molar-refractivity contribution < 1.29 is 0 Å². The van der Waals surface area contributed by atoms with Gasteiger partial charge in [-0.2, -0.15) is 0 Å². The molecule has 4 bridgehead atoms. The molecule has 4 aliphatic carbocycles. The summed E-state index contributed by atoms with van der Waals surface area (Å²) in [6.45, 7) is 0. The van der Waals surface area contributed by atoms with E-state index in [1.54, 1.807) is 37.7 Å². The third kappa shape index (κ3) is 2.43. The molecule has 1 aromatic carbocycles. The Morgan fingerprint density at radius 2 is 1.50 bits per heavy atom. The zero-order valence-electron chi connectivity index (χ0n) is 12.6. The van der Waals surface area contributed by atoms with E-state index in [2.05, 4.69) is 30.5 Å². The molecule has 0 spiro atoms. The Hall–Kier alpha value is -0.430.